The van der Waals surface area contributed by atoms with E-state index in [-0.39, 0.29) is 0 Å². The van der Waals surface area contributed by atoms with Gasteiger partial charge in [-0.2, -0.15) is 0 Å². The van der Waals surface area contributed by atoms with Gasteiger partial charge in [-0.3, -0.25) is 0 Å². The number of nitrogens with one attached hydrogen (secondary N) is 1. The number of rotatable bonds is 10. The predicted molar refractivity (Wildman–Crippen MR) is 79.5 cm³/mol. The van der Waals surface area contributed by atoms with E-state index in [4.69, 9.17) is 0 Å². The molecule has 0 aromatic carbocycles. The minimum absolute atomic E-state index is 0.450. The third-order valence-corrected chi connectivity index (χ3v) is 3.77. The van der Waals surface area contributed by atoms with Gasteiger partial charge >= 0.3 is 0 Å². The summed E-state index contributed by atoms with van der Waals surface area (Å²) in [6.45, 7) is 13.9. The first kappa shape index (κ1) is 17.0. The second-order valence-electron chi connectivity index (χ2n) is 6.43. The van der Waals surface area contributed by atoms with Crippen LogP contribution in [-0.4, -0.2) is 13.1 Å². The van der Waals surface area contributed by atoms with Crippen molar-refractivity contribution in [2.75, 3.05) is 13.1 Å². The maximum absolute atomic E-state index is 3.52. The zero-order chi connectivity index (χ0) is 13.1. The molecule has 0 fully saturated rings. The summed E-state index contributed by atoms with van der Waals surface area (Å²) in [4.78, 5) is 0. The topological polar surface area (TPSA) is 12.0 Å². The van der Waals surface area contributed by atoms with Crippen LogP contribution in [0, 0.1) is 11.3 Å². The van der Waals surface area contributed by atoms with Gasteiger partial charge in [-0.1, -0.05) is 73.1 Å². The van der Waals surface area contributed by atoms with Crippen LogP contribution in [0.1, 0.15) is 79.6 Å². The van der Waals surface area contributed by atoms with E-state index >= 15 is 0 Å². The van der Waals surface area contributed by atoms with Crippen molar-refractivity contribution in [3.63, 3.8) is 0 Å². The fraction of sp³-hybridized carbons (Fsp3) is 1.00. The summed E-state index contributed by atoms with van der Waals surface area (Å²) in [5.41, 5.74) is 0.450. The molecule has 0 radical (unpaired) electrons. The Morgan fingerprint density at radius 3 is 2.00 bits per heavy atom. The summed E-state index contributed by atoms with van der Waals surface area (Å²) in [5.74, 6) is 0.827. The average molecular weight is 241 g/mol. The molecule has 0 saturated carbocycles. The number of hydrogen-bond acceptors (Lipinski definition) is 1. The Morgan fingerprint density at radius 2 is 1.47 bits per heavy atom. The Kier molecular flexibility index (Phi) is 9.91. The molecule has 0 heterocycles. The summed E-state index contributed by atoms with van der Waals surface area (Å²) in [6.07, 6.45) is 9.87. The molecule has 0 amide bonds. The predicted octanol–water partition coefficient (Wildman–Crippen LogP) is 5.01. The Bertz CT molecular complexity index is 157. The highest BCUT2D eigenvalue weighted by molar-refractivity contribution is 4.75. The molecule has 0 aromatic rings. The van der Waals surface area contributed by atoms with E-state index in [0.29, 0.717) is 5.41 Å². The molecule has 1 heteroatoms. The first-order valence-corrected chi connectivity index (χ1v) is 7.73. The van der Waals surface area contributed by atoms with Gasteiger partial charge in [0.15, 0.2) is 0 Å². The second kappa shape index (κ2) is 9.94. The van der Waals surface area contributed by atoms with Gasteiger partial charge < -0.3 is 5.32 Å². The summed E-state index contributed by atoms with van der Waals surface area (Å²) >= 11 is 0. The van der Waals surface area contributed by atoms with Gasteiger partial charge in [0.2, 0.25) is 0 Å². The van der Waals surface area contributed by atoms with Crippen LogP contribution in [-0.2, 0) is 0 Å². The van der Waals surface area contributed by atoms with E-state index in [9.17, 15) is 0 Å². The molecule has 17 heavy (non-hydrogen) atoms. The molecule has 104 valence electrons. The van der Waals surface area contributed by atoms with Crippen LogP contribution in [0.5, 0.6) is 0 Å². The van der Waals surface area contributed by atoms with E-state index in [1.165, 1.54) is 51.5 Å². The van der Waals surface area contributed by atoms with Crippen LogP contribution in [0.15, 0.2) is 0 Å². The highest BCUT2D eigenvalue weighted by atomic mass is 14.8. The van der Waals surface area contributed by atoms with E-state index in [1.807, 2.05) is 0 Å². The van der Waals surface area contributed by atoms with Gasteiger partial charge in [-0.05, 0) is 30.8 Å². The van der Waals surface area contributed by atoms with Crippen molar-refractivity contribution < 1.29 is 0 Å². The zero-order valence-electron chi connectivity index (χ0n) is 12.9. The van der Waals surface area contributed by atoms with E-state index in [2.05, 4.69) is 39.9 Å². The summed E-state index contributed by atoms with van der Waals surface area (Å²) < 4.78 is 0. The SMILES string of the molecule is CCCCCCCCC(CNCC)C(C)(C)C. The van der Waals surface area contributed by atoms with Gasteiger partial charge in [0.1, 0.15) is 0 Å². The van der Waals surface area contributed by atoms with Crippen molar-refractivity contribution >= 4 is 0 Å². The average Bonchev–Trinajstić information content (AvgIpc) is 2.25. The molecular formula is C16H35N. The van der Waals surface area contributed by atoms with Gasteiger partial charge in [0.25, 0.3) is 0 Å². The van der Waals surface area contributed by atoms with Crippen LogP contribution in [0.4, 0.5) is 0 Å². The number of hydrogen-bond donors (Lipinski definition) is 1. The molecule has 0 rings (SSSR count). The Labute approximate surface area is 110 Å². The Balaban J connectivity index is 3.69. The van der Waals surface area contributed by atoms with E-state index < -0.39 is 0 Å². The molecule has 1 N–H and O–H groups in total. The van der Waals surface area contributed by atoms with Crippen molar-refractivity contribution in [2.45, 2.75) is 79.6 Å². The molecular weight excluding hydrogens is 206 g/mol. The lowest BCUT2D eigenvalue weighted by Crippen LogP contribution is -2.31. The normalized spacial score (nSPS) is 13.9. The highest BCUT2D eigenvalue weighted by Gasteiger charge is 2.23. The minimum Gasteiger partial charge on any atom is -0.317 e. The third kappa shape index (κ3) is 9.64. The lowest BCUT2D eigenvalue weighted by Gasteiger charge is -2.31. The molecule has 0 aliphatic carbocycles. The lowest BCUT2D eigenvalue weighted by atomic mass is 9.77. The molecule has 0 spiro atoms. The first-order valence-electron chi connectivity index (χ1n) is 7.73. The molecule has 1 unspecified atom stereocenters. The van der Waals surface area contributed by atoms with E-state index in [0.717, 1.165) is 12.5 Å². The largest absolute Gasteiger partial charge is 0.317 e. The van der Waals surface area contributed by atoms with Crippen LogP contribution in [0.2, 0.25) is 0 Å². The van der Waals surface area contributed by atoms with Crippen molar-refractivity contribution in [2.24, 2.45) is 11.3 Å². The standard InChI is InChI=1S/C16H35N/c1-6-8-9-10-11-12-13-15(14-17-7-2)16(3,4)5/h15,17H,6-14H2,1-5H3. The van der Waals surface area contributed by atoms with Crippen molar-refractivity contribution in [3.8, 4) is 0 Å². The second-order valence-corrected chi connectivity index (χ2v) is 6.43. The van der Waals surface area contributed by atoms with Crippen LogP contribution >= 0.6 is 0 Å². The fourth-order valence-corrected chi connectivity index (χ4v) is 2.33. The van der Waals surface area contributed by atoms with Crippen LogP contribution in [0.3, 0.4) is 0 Å². The van der Waals surface area contributed by atoms with Crippen molar-refractivity contribution in [3.05, 3.63) is 0 Å². The van der Waals surface area contributed by atoms with Crippen molar-refractivity contribution in [1.82, 2.24) is 5.32 Å². The molecule has 0 aliphatic rings. The van der Waals surface area contributed by atoms with Gasteiger partial charge in [0, 0.05) is 0 Å². The third-order valence-electron chi connectivity index (χ3n) is 3.77. The monoisotopic (exact) mass is 241 g/mol. The quantitative estimate of drug-likeness (QED) is 0.530. The molecule has 1 atom stereocenters. The summed E-state index contributed by atoms with van der Waals surface area (Å²) in [6, 6.07) is 0. The summed E-state index contributed by atoms with van der Waals surface area (Å²) in [7, 11) is 0. The van der Waals surface area contributed by atoms with Gasteiger partial charge in [-0.25, -0.2) is 0 Å². The van der Waals surface area contributed by atoms with Crippen LogP contribution < -0.4 is 5.32 Å². The zero-order valence-corrected chi connectivity index (χ0v) is 12.9. The molecule has 0 saturated heterocycles. The van der Waals surface area contributed by atoms with E-state index in [1.54, 1.807) is 0 Å². The summed E-state index contributed by atoms with van der Waals surface area (Å²) in [5, 5.41) is 3.52. The minimum atomic E-state index is 0.450. The molecule has 0 aliphatic heterocycles. The molecule has 1 nitrogen and oxygen atoms in total. The molecule has 0 aromatic heterocycles. The van der Waals surface area contributed by atoms with Gasteiger partial charge in [-0.15, -0.1) is 0 Å². The molecule has 0 bridgehead atoms. The Hall–Kier alpha value is -0.0400. The number of unbranched alkanes of at least 4 members (excludes halogenated alkanes) is 5. The maximum Gasteiger partial charge on any atom is -0.00156 e. The maximum atomic E-state index is 3.52. The van der Waals surface area contributed by atoms with Gasteiger partial charge in [0.05, 0.1) is 0 Å². The lowest BCUT2D eigenvalue weighted by molar-refractivity contribution is 0.214. The van der Waals surface area contributed by atoms with Crippen LogP contribution in [0.25, 0.3) is 0 Å². The smallest absolute Gasteiger partial charge is 0.00156 e. The first-order chi connectivity index (χ1) is 8.02. The van der Waals surface area contributed by atoms with Crippen molar-refractivity contribution in [1.29, 1.82) is 0 Å². The highest BCUT2D eigenvalue weighted by Crippen LogP contribution is 2.29. The fourth-order valence-electron chi connectivity index (χ4n) is 2.33. The Morgan fingerprint density at radius 1 is 0.882 bits per heavy atom.